The van der Waals surface area contributed by atoms with E-state index in [0.717, 1.165) is 5.56 Å². The largest absolute Gasteiger partial charge is 0.444 e. The molecule has 10 nitrogen and oxygen atoms in total. The van der Waals surface area contributed by atoms with E-state index in [4.69, 9.17) is 4.74 Å². The standard InChI is InChI=1S/C25H31N5O5/c1-6-12-30-20-18(22(32)28-23(30)33)13-17(14-26-20)21(31)27-19-11-9-8-10-16(19)15-29(7-2)24(34)35-25(3,4)5/h8-11,13-14H,6-7,12,15H2,1-5H3,(H,27,31)(H,28,32,33). The summed E-state index contributed by atoms with van der Waals surface area (Å²) >= 11 is 0. The number of aryl methyl sites for hydroxylation is 1. The number of ether oxygens (including phenoxy) is 1. The van der Waals surface area contributed by atoms with Gasteiger partial charge in [0.05, 0.1) is 17.5 Å². The minimum atomic E-state index is -0.624. The van der Waals surface area contributed by atoms with Crippen LogP contribution in [0.2, 0.25) is 0 Å². The summed E-state index contributed by atoms with van der Waals surface area (Å²) in [7, 11) is 0. The Balaban J connectivity index is 1.88. The molecule has 10 heteroatoms. The highest BCUT2D eigenvalue weighted by atomic mass is 16.6. The Kier molecular flexibility index (Phi) is 7.73. The van der Waals surface area contributed by atoms with E-state index < -0.39 is 28.9 Å². The van der Waals surface area contributed by atoms with Crippen LogP contribution in [-0.4, -0.2) is 43.6 Å². The number of hydrogen-bond donors (Lipinski definition) is 2. The molecule has 3 aromatic rings. The molecule has 2 heterocycles. The van der Waals surface area contributed by atoms with Gasteiger partial charge in [0, 0.05) is 25.0 Å². The maximum atomic E-state index is 13.0. The lowest BCUT2D eigenvalue weighted by Crippen LogP contribution is -2.36. The Hall–Kier alpha value is -3.95. The number of carbonyl (C=O) groups is 2. The van der Waals surface area contributed by atoms with Crippen LogP contribution in [0.1, 0.15) is 57.0 Å². The number of H-pyrrole nitrogens is 1. The van der Waals surface area contributed by atoms with Crippen LogP contribution in [0.15, 0.2) is 46.1 Å². The number of para-hydroxylation sites is 1. The molecule has 0 unspecified atom stereocenters. The fourth-order valence-electron chi connectivity index (χ4n) is 3.54. The van der Waals surface area contributed by atoms with E-state index >= 15 is 0 Å². The average Bonchev–Trinajstić information content (AvgIpc) is 2.79. The topological polar surface area (TPSA) is 126 Å². The summed E-state index contributed by atoms with van der Waals surface area (Å²) in [6.45, 7) is 10.2. The number of nitrogens with zero attached hydrogens (tertiary/aromatic N) is 3. The third-order valence-corrected chi connectivity index (χ3v) is 5.20. The van der Waals surface area contributed by atoms with Crippen LogP contribution in [0.5, 0.6) is 0 Å². The number of nitrogens with one attached hydrogen (secondary N) is 2. The number of carbonyl (C=O) groups excluding carboxylic acids is 2. The summed E-state index contributed by atoms with van der Waals surface area (Å²) in [5, 5.41) is 2.99. The Labute approximate surface area is 202 Å². The summed E-state index contributed by atoms with van der Waals surface area (Å²) in [6, 6.07) is 8.56. The fraction of sp³-hybridized carbons (Fsp3) is 0.400. The van der Waals surface area contributed by atoms with Crippen LogP contribution in [0.4, 0.5) is 10.5 Å². The molecule has 0 aliphatic rings. The second kappa shape index (κ2) is 10.5. The minimum absolute atomic E-state index is 0.154. The van der Waals surface area contributed by atoms with Gasteiger partial charge in [0.1, 0.15) is 11.2 Å². The predicted octanol–water partition coefficient (Wildman–Crippen LogP) is 3.50. The molecule has 186 valence electrons. The Morgan fingerprint density at radius 1 is 1.17 bits per heavy atom. The van der Waals surface area contributed by atoms with E-state index in [9.17, 15) is 19.2 Å². The molecule has 0 fully saturated rings. The molecule has 2 aromatic heterocycles. The van der Waals surface area contributed by atoms with Crippen LogP contribution in [0.3, 0.4) is 0 Å². The van der Waals surface area contributed by atoms with E-state index in [2.05, 4.69) is 15.3 Å². The number of rotatable bonds is 7. The number of anilines is 1. The number of pyridine rings is 1. The van der Waals surface area contributed by atoms with E-state index in [1.807, 2.05) is 26.0 Å². The molecule has 3 rings (SSSR count). The van der Waals surface area contributed by atoms with E-state index in [-0.39, 0.29) is 23.1 Å². The fourth-order valence-corrected chi connectivity index (χ4v) is 3.54. The van der Waals surface area contributed by atoms with Gasteiger partial charge in [-0.2, -0.15) is 0 Å². The van der Waals surface area contributed by atoms with Crippen LogP contribution < -0.4 is 16.6 Å². The van der Waals surface area contributed by atoms with Crippen molar-refractivity contribution >= 4 is 28.7 Å². The highest BCUT2D eigenvalue weighted by molar-refractivity contribution is 6.05. The van der Waals surface area contributed by atoms with Gasteiger partial charge in [0.25, 0.3) is 11.5 Å². The van der Waals surface area contributed by atoms with Crippen molar-refractivity contribution in [1.29, 1.82) is 0 Å². The van der Waals surface area contributed by atoms with Gasteiger partial charge in [-0.15, -0.1) is 0 Å². The molecule has 2 amide bonds. The number of aromatic amines is 1. The van der Waals surface area contributed by atoms with Crippen LogP contribution in [-0.2, 0) is 17.8 Å². The number of amides is 2. The van der Waals surface area contributed by atoms with Crippen molar-refractivity contribution in [3.63, 3.8) is 0 Å². The van der Waals surface area contributed by atoms with Gasteiger partial charge in [-0.05, 0) is 51.8 Å². The highest BCUT2D eigenvalue weighted by Crippen LogP contribution is 2.20. The molecular weight excluding hydrogens is 450 g/mol. The lowest BCUT2D eigenvalue weighted by molar-refractivity contribution is 0.0245. The number of aromatic nitrogens is 3. The van der Waals surface area contributed by atoms with Crippen molar-refractivity contribution in [3.05, 3.63) is 68.5 Å². The molecule has 1 aromatic carbocycles. The maximum absolute atomic E-state index is 13.0. The molecule has 0 aliphatic carbocycles. The zero-order valence-electron chi connectivity index (χ0n) is 20.7. The second-order valence-electron chi connectivity index (χ2n) is 9.11. The molecule has 0 atom stereocenters. The lowest BCUT2D eigenvalue weighted by Gasteiger charge is -2.27. The molecule has 0 saturated carbocycles. The van der Waals surface area contributed by atoms with Crippen molar-refractivity contribution in [3.8, 4) is 0 Å². The second-order valence-corrected chi connectivity index (χ2v) is 9.11. The van der Waals surface area contributed by atoms with Crippen molar-refractivity contribution in [2.24, 2.45) is 0 Å². The number of fused-ring (bicyclic) bond motifs is 1. The molecule has 0 aliphatic heterocycles. The first kappa shape index (κ1) is 25.7. The summed E-state index contributed by atoms with van der Waals surface area (Å²) in [4.78, 5) is 58.2. The van der Waals surface area contributed by atoms with Crippen LogP contribution >= 0.6 is 0 Å². The van der Waals surface area contributed by atoms with Gasteiger partial charge in [-0.1, -0.05) is 25.1 Å². The van der Waals surface area contributed by atoms with Gasteiger partial charge in [0.15, 0.2) is 0 Å². The van der Waals surface area contributed by atoms with Crippen LogP contribution in [0, 0.1) is 0 Å². The smallest absolute Gasteiger partial charge is 0.410 e. The highest BCUT2D eigenvalue weighted by Gasteiger charge is 2.22. The SMILES string of the molecule is CCCn1c(=O)[nH]c(=O)c2cc(C(=O)Nc3ccccc3CN(CC)C(=O)OC(C)(C)C)cnc21. The zero-order chi connectivity index (χ0) is 25.8. The van der Waals surface area contributed by atoms with Crippen LogP contribution in [0.25, 0.3) is 11.0 Å². The predicted molar refractivity (Wildman–Crippen MR) is 134 cm³/mol. The van der Waals surface area contributed by atoms with Crippen molar-refractivity contribution in [2.75, 3.05) is 11.9 Å². The summed E-state index contributed by atoms with van der Waals surface area (Å²) in [5.41, 5.74) is -0.125. The quantitative estimate of drug-likeness (QED) is 0.532. The number of benzene rings is 1. The summed E-state index contributed by atoms with van der Waals surface area (Å²) < 4.78 is 6.85. The van der Waals surface area contributed by atoms with Crippen molar-refractivity contribution in [1.82, 2.24) is 19.4 Å². The zero-order valence-corrected chi connectivity index (χ0v) is 20.7. The minimum Gasteiger partial charge on any atom is -0.444 e. The molecule has 0 bridgehead atoms. The first-order valence-electron chi connectivity index (χ1n) is 11.5. The van der Waals surface area contributed by atoms with Crippen molar-refractivity contribution < 1.29 is 14.3 Å². The first-order valence-corrected chi connectivity index (χ1v) is 11.5. The Morgan fingerprint density at radius 3 is 2.54 bits per heavy atom. The van der Waals surface area contributed by atoms with Gasteiger partial charge >= 0.3 is 11.8 Å². The van der Waals surface area contributed by atoms with Crippen molar-refractivity contribution in [2.45, 2.75) is 59.7 Å². The summed E-state index contributed by atoms with van der Waals surface area (Å²) in [6.07, 6.45) is 1.57. The first-order chi connectivity index (χ1) is 16.5. The normalized spacial score (nSPS) is 11.3. The molecule has 2 N–H and O–H groups in total. The van der Waals surface area contributed by atoms with E-state index in [0.29, 0.717) is 25.2 Å². The van der Waals surface area contributed by atoms with Gasteiger partial charge in [-0.3, -0.25) is 19.1 Å². The number of hydrogen-bond acceptors (Lipinski definition) is 6. The third-order valence-electron chi connectivity index (χ3n) is 5.20. The average molecular weight is 482 g/mol. The summed E-state index contributed by atoms with van der Waals surface area (Å²) in [5.74, 6) is -0.472. The van der Waals surface area contributed by atoms with E-state index in [1.54, 1.807) is 37.8 Å². The van der Waals surface area contributed by atoms with Gasteiger partial charge in [-0.25, -0.2) is 14.6 Å². The monoisotopic (exact) mass is 481 g/mol. The third kappa shape index (κ3) is 6.14. The molecular formula is C25H31N5O5. The van der Waals surface area contributed by atoms with Gasteiger partial charge in [0.2, 0.25) is 0 Å². The Bertz CT molecular complexity index is 1350. The van der Waals surface area contributed by atoms with Gasteiger partial charge < -0.3 is 15.0 Å². The lowest BCUT2D eigenvalue weighted by atomic mass is 10.1. The maximum Gasteiger partial charge on any atom is 0.410 e. The molecule has 0 radical (unpaired) electrons. The van der Waals surface area contributed by atoms with E-state index in [1.165, 1.54) is 16.8 Å². The molecule has 0 saturated heterocycles. The molecule has 0 spiro atoms. The Morgan fingerprint density at radius 2 is 1.89 bits per heavy atom. The molecule has 35 heavy (non-hydrogen) atoms.